The van der Waals surface area contributed by atoms with Gasteiger partial charge in [0.1, 0.15) is 0 Å². The standard InChI is InChI=1S/C14H17N3O/c1-8-11(7-14(18)17-15)12-5-9-3-2-4-10(9)6-13(12)16-8/h5-6,16H,2-4,7,15H2,1H3,(H,17,18). The van der Waals surface area contributed by atoms with Crippen molar-refractivity contribution in [2.75, 3.05) is 0 Å². The Morgan fingerprint density at radius 2 is 2.11 bits per heavy atom. The number of hydrazine groups is 1. The number of nitrogens with two attached hydrogens (primary N) is 1. The lowest BCUT2D eigenvalue weighted by Crippen LogP contribution is -2.31. The van der Waals surface area contributed by atoms with Crippen LogP contribution in [0.5, 0.6) is 0 Å². The lowest BCUT2D eigenvalue weighted by atomic mass is 10.0. The smallest absolute Gasteiger partial charge is 0.238 e. The normalized spacial score (nSPS) is 13.9. The van der Waals surface area contributed by atoms with Crippen molar-refractivity contribution in [1.82, 2.24) is 10.4 Å². The molecule has 0 aliphatic heterocycles. The SMILES string of the molecule is Cc1[nH]c2cc3c(cc2c1CC(=O)NN)CCC3. The summed E-state index contributed by atoms with van der Waals surface area (Å²) in [7, 11) is 0. The van der Waals surface area contributed by atoms with Crippen molar-refractivity contribution in [1.29, 1.82) is 0 Å². The van der Waals surface area contributed by atoms with E-state index in [9.17, 15) is 4.79 Å². The molecule has 0 spiro atoms. The van der Waals surface area contributed by atoms with Crippen LogP contribution in [0.4, 0.5) is 0 Å². The van der Waals surface area contributed by atoms with Crippen molar-refractivity contribution in [2.45, 2.75) is 32.6 Å². The van der Waals surface area contributed by atoms with Gasteiger partial charge in [-0.2, -0.15) is 0 Å². The number of fused-ring (bicyclic) bond motifs is 2. The van der Waals surface area contributed by atoms with Crippen molar-refractivity contribution >= 4 is 16.8 Å². The predicted molar refractivity (Wildman–Crippen MR) is 71.1 cm³/mol. The predicted octanol–water partition coefficient (Wildman–Crippen LogP) is 1.50. The number of amides is 1. The number of hydrogen-bond donors (Lipinski definition) is 3. The maximum atomic E-state index is 11.5. The number of rotatable bonds is 2. The molecular formula is C14H17N3O. The fourth-order valence-electron chi connectivity index (χ4n) is 2.90. The van der Waals surface area contributed by atoms with Crippen LogP contribution in [-0.4, -0.2) is 10.9 Å². The van der Waals surface area contributed by atoms with Crippen LogP contribution < -0.4 is 11.3 Å². The Morgan fingerprint density at radius 1 is 1.39 bits per heavy atom. The first-order valence-corrected chi connectivity index (χ1v) is 6.31. The molecule has 0 radical (unpaired) electrons. The minimum atomic E-state index is -0.153. The van der Waals surface area contributed by atoms with Crippen molar-refractivity contribution in [3.8, 4) is 0 Å². The highest BCUT2D eigenvalue weighted by atomic mass is 16.2. The average molecular weight is 243 g/mol. The molecule has 1 aliphatic rings. The highest BCUT2D eigenvalue weighted by molar-refractivity contribution is 5.91. The molecule has 94 valence electrons. The number of H-pyrrole nitrogens is 1. The molecule has 0 saturated heterocycles. The number of carbonyl (C=O) groups excluding carboxylic acids is 1. The summed E-state index contributed by atoms with van der Waals surface area (Å²) in [5.41, 5.74) is 8.31. The third kappa shape index (κ3) is 1.69. The molecule has 0 unspecified atom stereocenters. The van der Waals surface area contributed by atoms with Crippen molar-refractivity contribution in [3.63, 3.8) is 0 Å². The Balaban J connectivity index is 2.13. The number of aromatic amines is 1. The Labute approximate surface area is 106 Å². The molecule has 4 heteroatoms. The summed E-state index contributed by atoms with van der Waals surface area (Å²) in [5.74, 6) is 5.01. The lowest BCUT2D eigenvalue weighted by Gasteiger charge is -2.03. The second kappa shape index (κ2) is 4.14. The third-order valence-electron chi connectivity index (χ3n) is 3.83. The van der Waals surface area contributed by atoms with Crippen LogP contribution in [0.1, 0.15) is 28.8 Å². The maximum Gasteiger partial charge on any atom is 0.238 e. The zero-order valence-corrected chi connectivity index (χ0v) is 10.5. The molecule has 1 aromatic heterocycles. The van der Waals surface area contributed by atoms with E-state index in [2.05, 4.69) is 22.5 Å². The van der Waals surface area contributed by atoms with E-state index < -0.39 is 0 Å². The van der Waals surface area contributed by atoms with E-state index in [1.54, 1.807) is 0 Å². The van der Waals surface area contributed by atoms with Gasteiger partial charge in [-0.3, -0.25) is 10.2 Å². The second-order valence-corrected chi connectivity index (χ2v) is 4.99. The highest BCUT2D eigenvalue weighted by Crippen LogP contribution is 2.30. The van der Waals surface area contributed by atoms with E-state index in [1.807, 2.05) is 6.92 Å². The lowest BCUT2D eigenvalue weighted by molar-refractivity contribution is -0.120. The van der Waals surface area contributed by atoms with Gasteiger partial charge in [0.15, 0.2) is 0 Å². The van der Waals surface area contributed by atoms with Gasteiger partial charge in [-0.1, -0.05) is 0 Å². The monoisotopic (exact) mass is 243 g/mol. The Hall–Kier alpha value is -1.81. The molecule has 0 bridgehead atoms. The molecule has 2 aromatic rings. The van der Waals surface area contributed by atoms with Crippen molar-refractivity contribution in [2.24, 2.45) is 5.84 Å². The van der Waals surface area contributed by atoms with Gasteiger partial charge in [0, 0.05) is 16.6 Å². The van der Waals surface area contributed by atoms with Gasteiger partial charge >= 0.3 is 0 Å². The fraction of sp³-hybridized carbons (Fsp3) is 0.357. The molecule has 4 nitrogen and oxygen atoms in total. The average Bonchev–Trinajstić information content (AvgIpc) is 2.91. The largest absolute Gasteiger partial charge is 0.358 e. The molecule has 1 amide bonds. The van der Waals surface area contributed by atoms with Crippen LogP contribution in [0.3, 0.4) is 0 Å². The highest BCUT2D eigenvalue weighted by Gasteiger charge is 2.17. The number of carbonyl (C=O) groups is 1. The summed E-state index contributed by atoms with van der Waals surface area (Å²) >= 11 is 0. The first-order valence-electron chi connectivity index (χ1n) is 6.31. The van der Waals surface area contributed by atoms with Crippen LogP contribution in [0.15, 0.2) is 12.1 Å². The first kappa shape index (κ1) is 11.3. The van der Waals surface area contributed by atoms with Gasteiger partial charge in [-0.05, 0) is 55.0 Å². The minimum absolute atomic E-state index is 0.153. The summed E-state index contributed by atoms with van der Waals surface area (Å²) in [4.78, 5) is 14.8. The fourth-order valence-corrected chi connectivity index (χ4v) is 2.90. The van der Waals surface area contributed by atoms with E-state index in [4.69, 9.17) is 5.84 Å². The molecule has 18 heavy (non-hydrogen) atoms. The Kier molecular flexibility index (Phi) is 2.59. The topological polar surface area (TPSA) is 70.9 Å². The minimum Gasteiger partial charge on any atom is -0.358 e. The van der Waals surface area contributed by atoms with Gasteiger partial charge in [-0.25, -0.2) is 5.84 Å². The van der Waals surface area contributed by atoms with Gasteiger partial charge in [-0.15, -0.1) is 0 Å². The van der Waals surface area contributed by atoms with E-state index >= 15 is 0 Å². The van der Waals surface area contributed by atoms with Crippen LogP contribution in [0.2, 0.25) is 0 Å². The summed E-state index contributed by atoms with van der Waals surface area (Å²) in [6.07, 6.45) is 3.89. The van der Waals surface area contributed by atoms with Crippen molar-refractivity contribution < 1.29 is 4.79 Å². The van der Waals surface area contributed by atoms with E-state index in [-0.39, 0.29) is 5.91 Å². The van der Waals surface area contributed by atoms with Gasteiger partial charge < -0.3 is 4.98 Å². The zero-order chi connectivity index (χ0) is 12.7. The number of benzene rings is 1. The van der Waals surface area contributed by atoms with Gasteiger partial charge in [0.05, 0.1) is 6.42 Å². The molecule has 4 N–H and O–H groups in total. The van der Waals surface area contributed by atoms with Crippen LogP contribution in [0.25, 0.3) is 10.9 Å². The van der Waals surface area contributed by atoms with Crippen LogP contribution >= 0.6 is 0 Å². The number of nitrogens with one attached hydrogen (secondary N) is 2. The number of aromatic nitrogens is 1. The van der Waals surface area contributed by atoms with E-state index in [0.717, 1.165) is 28.6 Å². The van der Waals surface area contributed by atoms with E-state index in [1.165, 1.54) is 24.0 Å². The van der Waals surface area contributed by atoms with Crippen LogP contribution in [0, 0.1) is 6.92 Å². The zero-order valence-electron chi connectivity index (χ0n) is 10.5. The summed E-state index contributed by atoms with van der Waals surface area (Å²) in [5, 5.41) is 1.16. The first-order chi connectivity index (χ1) is 8.69. The second-order valence-electron chi connectivity index (χ2n) is 4.99. The molecule has 0 atom stereocenters. The number of hydrogen-bond acceptors (Lipinski definition) is 2. The molecule has 0 saturated carbocycles. The Morgan fingerprint density at radius 3 is 2.83 bits per heavy atom. The summed E-state index contributed by atoms with van der Waals surface area (Å²) in [6.45, 7) is 2.00. The van der Waals surface area contributed by atoms with E-state index in [0.29, 0.717) is 6.42 Å². The molecule has 1 heterocycles. The maximum absolute atomic E-state index is 11.5. The summed E-state index contributed by atoms with van der Waals surface area (Å²) < 4.78 is 0. The quantitative estimate of drug-likeness (QED) is 0.425. The third-order valence-corrected chi connectivity index (χ3v) is 3.83. The van der Waals surface area contributed by atoms with Gasteiger partial charge in [0.25, 0.3) is 0 Å². The van der Waals surface area contributed by atoms with Crippen LogP contribution in [-0.2, 0) is 24.1 Å². The molecule has 3 rings (SSSR count). The van der Waals surface area contributed by atoms with Gasteiger partial charge in [0.2, 0.25) is 5.91 Å². The molecular weight excluding hydrogens is 226 g/mol. The molecule has 1 aliphatic carbocycles. The number of aryl methyl sites for hydroxylation is 3. The summed E-state index contributed by atoms with van der Waals surface area (Å²) in [6, 6.07) is 4.47. The molecule has 0 fully saturated rings. The molecule has 1 aromatic carbocycles. The van der Waals surface area contributed by atoms with Crippen molar-refractivity contribution in [3.05, 3.63) is 34.5 Å². The Bertz CT molecular complexity index is 627.